The van der Waals surface area contributed by atoms with Gasteiger partial charge in [0.25, 0.3) is 0 Å². The van der Waals surface area contributed by atoms with Gasteiger partial charge in [0, 0.05) is 39.2 Å². The van der Waals surface area contributed by atoms with Gasteiger partial charge in [-0.3, -0.25) is 4.99 Å². The largest absolute Gasteiger partial charge is 0.375 e. The first-order valence-electron chi connectivity index (χ1n) is 7.86. The van der Waals surface area contributed by atoms with Crippen LogP contribution in [-0.4, -0.2) is 45.2 Å². The quantitative estimate of drug-likeness (QED) is 0.615. The van der Waals surface area contributed by atoms with Crippen molar-refractivity contribution < 1.29 is 9.13 Å². The Bertz CT molecular complexity index is 628. The Morgan fingerprint density at radius 1 is 1.33 bits per heavy atom. The second kappa shape index (κ2) is 9.39. The molecular formula is C18H24FN3OS. The molecule has 0 saturated carbocycles. The van der Waals surface area contributed by atoms with Crippen molar-refractivity contribution in [2.45, 2.75) is 12.5 Å². The van der Waals surface area contributed by atoms with Gasteiger partial charge in [0.15, 0.2) is 5.96 Å². The number of nitrogens with one attached hydrogen (secondary N) is 1. The fraction of sp³-hybridized carbons (Fsp3) is 0.389. The van der Waals surface area contributed by atoms with Crippen molar-refractivity contribution in [2.24, 2.45) is 4.99 Å². The molecule has 1 aromatic heterocycles. The van der Waals surface area contributed by atoms with Gasteiger partial charge in [-0.2, -0.15) is 0 Å². The summed E-state index contributed by atoms with van der Waals surface area (Å²) in [4.78, 5) is 7.78. The van der Waals surface area contributed by atoms with Crippen LogP contribution in [0.1, 0.15) is 16.5 Å². The summed E-state index contributed by atoms with van der Waals surface area (Å²) in [6.45, 7) is 1.45. The van der Waals surface area contributed by atoms with Gasteiger partial charge in [-0.1, -0.05) is 18.2 Å². The number of thiophene rings is 1. The molecule has 1 aromatic carbocycles. The predicted molar refractivity (Wildman–Crippen MR) is 98.2 cm³/mol. The third kappa shape index (κ3) is 5.32. The topological polar surface area (TPSA) is 36.9 Å². The zero-order chi connectivity index (χ0) is 17.4. The summed E-state index contributed by atoms with van der Waals surface area (Å²) in [5, 5.41) is 5.42. The van der Waals surface area contributed by atoms with Gasteiger partial charge in [-0.25, -0.2) is 4.39 Å². The van der Waals surface area contributed by atoms with Crippen LogP contribution < -0.4 is 5.32 Å². The molecule has 2 aromatic rings. The Morgan fingerprint density at radius 3 is 2.67 bits per heavy atom. The first-order valence-corrected chi connectivity index (χ1v) is 8.74. The lowest BCUT2D eigenvalue weighted by molar-refractivity contribution is 0.106. The van der Waals surface area contributed by atoms with Crippen LogP contribution in [0, 0.1) is 5.82 Å². The second-order valence-corrected chi connectivity index (χ2v) is 6.49. The van der Waals surface area contributed by atoms with E-state index < -0.39 is 0 Å². The van der Waals surface area contributed by atoms with E-state index in [0.29, 0.717) is 6.54 Å². The number of hydrogen-bond acceptors (Lipinski definition) is 3. The van der Waals surface area contributed by atoms with Crippen LogP contribution in [0.5, 0.6) is 0 Å². The highest BCUT2D eigenvalue weighted by Crippen LogP contribution is 2.16. The lowest BCUT2D eigenvalue weighted by Gasteiger charge is -2.24. The smallest absolute Gasteiger partial charge is 0.193 e. The molecule has 0 spiro atoms. The number of likely N-dealkylation sites (N-methyl/N-ethyl adjacent to an activating group) is 1. The first-order chi connectivity index (χ1) is 11.6. The van der Waals surface area contributed by atoms with Gasteiger partial charge >= 0.3 is 0 Å². The van der Waals surface area contributed by atoms with Gasteiger partial charge in [-0.05, 0) is 35.6 Å². The third-order valence-corrected chi connectivity index (χ3v) is 4.76. The molecule has 1 atom stereocenters. The number of aliphatic imine (C=N–C) groups is 1. The fourth-order valence-corrected chi connectivity index (χ4v) is 3.12. The van der Waals surface area contributed by atoms with Gasteiger partial charge < -0.3 is 15.0 Å². The minimum Gasteiger partial charge on any atom is -0.375 e. The zero-order valence-electron chi connectivity index (χ0n) is 14.3. The molecule has 0 radical (unpaired) electrons. The summed E-state index contributed by atoms with van der Waals surface area (Å²) in [5.41, 5.74) is 0.933. The molecule has 130 valence electrons. The monoisotopic (exact) mass is 349 g/mol. The summed E-state index contributed by atoms with van der Waals surface area (Å²) in [7, 11) is 5.44. The van der Waals surface area contributed by atoms with E-state index in [4.69, 9.17) is 4.74 Å². The normalized spacial score (nSPS) is 12.9. The molecule has 0 aliphatic heterocycles. The highest BCUT2D eigenvalue weighted by atomic mass is 32.1. The molecule has 4 nitrogen and oxygen atoms in total. The van der Waals surface area contributed by atoms with Crippen LogP contribution in [0.3, 0.4) is 0 Å². The van der Waals surface area contributed by atoms with Crippen molar-refractivity contribution >= 4 is 17.3 Å². The van der Waals surface area contributed by atoms with E-state index in [9.17, 15) is 4.39 Å². The molecule has 0 saturated heterocycles. The lowest BCUT2D eigenvalue weighted by atomic mass is 10.1. The molecule has 6 heteroatoms. The van der Waals surface area contributed by atoms with Crippen LogP contribution in [-0.2, 0) is 11.2 Å². The van der Waals surface area contributed by atoms with Crippen molar-refractivity contribution in [1.82, 2.24) is 10.2 Å². The molecule has 24 heavy (non-hydrogen) atoms. The standard InChI is InChI=1S/C18H24FN3OS/c1-20-18(22(2)11-10-16-5-4-12-24-16)21-13-17(23-3)14-6-8-15(19)9-7-14/h4-9,12,17H,10-11,13H2,1-3H3,(H,20,21). The summed E-state index contributed by atoms with van der Waals surface area (Å²) in [6, 6.07) is 10.6. The third-order valence-electron chi connectivity index (χ3n) is 3.82. The van der Waals surface area contributed by atoms with Crippen molar-refractivity contribution in [3.8, 4) is 0 Å². The number of guanidine groups is 1. The summed E-state index contributed by atoms with van der Waals surface area (Å²) >= 11 is 1.77. The molecular weight excluding hydrogens is 325 g/mol. The van der Waals surface area contributed by atoms with E-state index in [0.717, 1.165) is 24.5 Å². The van der Waals surface area contributed by atoms with Gasteiger partial charge in [-0.15, -0.1) is 11.3 Å². The Morgan fingerprint density at radius 2 is 2.08 bits per heavy atom. The van der Waals surface area contributed by atoms with Crippen molar-refractivity contribution in [3.63, 3.8) is 0 Å². The van der Waals surface area contributed by atoms with Gasteiger partial charge in [0.05, 0.1) is 6.10 Å². The predicted octanol–water partition coefficient (Wildman–Crippen LogP) is 3.32. The summed E-state index contributed by atoms with van der Waals surface area (Å²) in [5.74, 6) is 0.571. The van der Waals surface area contributed by atoms with E-state index in [1.807, 2.05) is 7.05 Å². The average molecular weight is 349 g/mol. The van der Waals surface area contributed by atoms with Crippen molar-refractivity contribution in [1.29, 1.82) is 0 Å². The minimum absolute atomic E-state index is 0.159. The van der Waals surface area contributed by atoms with E-state index in [1.165, 1.54) is 17.0 Å². The number of rotatable bonds is 7. The number of methoxy groups -OCH3 is 1. The maximum atomic E-state index is 13.0. The van der Waals surface area contributed by atoms with E-state index in [2.05, 4.69) is 32.7 Å². The Hall–Kier alpha value is -1.92. The molecule has 0 aliphatic carbocycles. The van der Waals surface area contributed by atoms with E-state index in [-0.39, 0.29) is 11.9 Å². The number of hydrogen-bond donors (Lipinski definition) is 1. The second-order valence-electron chi connectivity index (χ2n) is 5.45. The molecule has 1 N–H and O–H groups in total. The summed E-state index contributed by atoms with van der Waals surface area (Å²) < 4.78 is 18.6. The highest BCUT2D eigenvalue weighted by Gasteiger charge is 2.13. The number of halogens is 1. The van der Waals surface area contributed by atoms with Gasteiger partial charge in [0.1, 0.15) is 5.82 Å². The minimum atomic E-state index is -0.245. The van der Waals surface area contributed by atoms with Crippen molar-refractivity contribution in [3.05, 3.63) is 58.0 Å². The molecule has 0 bridgehead atoms. The molecule has 0 aliphatic rings. The average Bonchev–Trinajstić information content (AvgIpc) is 3.11. The maximum Gasteiger partial charge on any atom is 0.193 e. The molecule has 0 fully saturated rings. The van der Waals surface area contributed by atoms with Crippen LogP contribution >= 0.6 is 11.3 Å². The number of benzene rings is 1. The van der Waals surface area contributed by atoms with Crippen LogP contribution in [0.2, 0.25) is 0 Å². The summed E-state index contributed by atoms with van der Waals surface area (Å²) in [6.07, 6.45) is 0.827. The zero-order valence-corrected chi connectivity index (χ0v) is 15.1. The lowest BCUT2D eigenvalue weighted by Crippen LogP contribution is -2.41. The highest BCUT2D eigenvalue weighted by molar-refractivity contribution is 7.09. The van der Waals surface area contributed by atoms with Crippen LogP contribution in [0.15, 0.2) is 46.8 Å². The number of ether oxygens (including phenoxy) is 1. The van der Waals surface area contributed by atoms with E-state index >= 15 is 0 Å². The Labute approximate surface area is 147 Å². The Kier molecular flexibility index (Phi) is 7.21. The van der Waals surface area contributed by atoms with Gasteiger partial charge in [0.2, 0.25) is 0 Å². The molecule has 1 unspecified atom stereocenters. The molecule has 1 heterocycles. The van der Waals surface area contributed by atoms with Crippen LogP contribution in [0.4, 0.5) is 4.39 Å². The SMILES string of the molecule is CN=C(NCC(OC)c1ccc(F)cc1)N(C)CCc1cccs1. The fourth-order valence-electron chi connectivity index (χ4n) is 2.42. The Balaban J connectivity index is 1.87. The molecule has 2 rings (SSSR count). The maximum absolute atomic E-state index is 13.0. The first kappa shape index (κ1) is 18.4. The van der Waals surface area contributed by atoms with E-state index in [1.54, 1.807) is 37.6 Å². The van der Waals surface area contributed by atoms with Crippen LogP contribution in [0.25, 0.3) is 0 Å². The van der Waals surface area contributed by atoms with Crippen molar-refractivity contribution in [2.75, 3.05) is 34.3 Å². The number of nitrogens with zero attached hydrogens (tertiary/aromatic N) is 2. The molecule has 0 amide bonds.